The van der Waals surface area contributed by atoms with E-state index in [-0.39, 0.29) is 22.0 Å². The molecule has 0 atom stereocenters. The number of benzene rings is 4. The standard InChI is InChI=1S/C28H22BrN3O5S/c1-37-25-16-15-22(18-24(25)29)32-38(35,36)23-14-8-13-21(17-23)30-31-26(27(33)19-9-4-2-5-10-19)28(34)20-11-6-3-7-12-20/h2-18,32-33H,1H3/b27-26+,31-30?. The van der Waals surface area contributed by atoms with Gasteiger partial charge in [0.15, 0.2) is 11.5 Å². The highest BCUT2D eigenvalue weighted by Gasteiger charge is 2.19. The number of aliphatic hydroxyl groups excluding tert-OH is 1. The minimum atomic E-state index is -3.97. The van der Waals surface area contributed by atoms with Crippen molar-refractivity contribution in [2.24, 2.45) is 10.2 Å². The Morgan fingerprint density at radius 2 is 1.53 bits per heavy atom. The maximum Gasteiger partial charge on any atom is 0.261 e. The average Bonchev–Trinajstić information content (AvgIpc) is 2.94. The highest BCUT2D eigenvalue weighted by atomic mass is 79.9. The normalized spacial score (nSPS) is 12.2. The van der Waals surface area contributed by atoms with Gasteiger partial charge in [-0.15, -0.1) is 5.11 Å². The molecule has 4 rings (SSSR count). The number of sulfonamides is 1. The summed E-state index contributed by atoms with van der Waals surface area (Å²) in [6.45, 7) is 0. The molecular formula is C28H22BrN3O5S. The van der Waals surface area contributed by atoms with Crippen LogP contribution in [-0.4, -0.2) is 26.4 Å². The van der Waals surface area contributed by atoms with Crippen LogP contribution in [0.25, 0.3) is 5.76 Å². The molecule has 0 aliphatic rings. The monoisotopic (exact) mass is 591 g/mol. The summed E-state index contributed by atoms with van der Waals surface area (Å²) in [6.07, 6.45) is 0. The fourth-order valence-corrected chi connectivity index (χ4v) is 5.05. The van der Waals surface area contributed by atoms with Gasteiger partial charge in [0, 0.05) is 11.1 Å². The van der Waals surface area contributed by atoms with Crippen molar-refractivity contribution in [2.75, 3.05) is 11.8 Å². The van der Waals surface area contributed by atoms with Crippen LogP contribution >= 0.6 is 15.9 Å². The first-order valence-electron chi connectivity index (χ1n) is 11.2. The lowest BCUT2D eigenvalue weighted by molar-refractivity contribution is 0.103. The number of aliphatic hydroxyl groups is 1. The Labute approximate surface area is 228 Å². The van der Waals surface area contributed by atoms with Crippen molar-refractivity contribution in [3.63, 3.8) is 0 Å². The van der Waals surface area contributed by atoms with Crippen molar-refractivity contribution in [2.45, 2.75) is 4.90 Å². The number of Topliss-reactive ketones (excluding diaryl/α,β-unsaturated/α-hetero) is 1. The molecule has 192 valence electrons. The van der Waals surface area contributed by atoms with Crippen molar-refractivity contribution >= 4 is 48.9 Å². The molecule has 4 aromatic rings. The molecule has 0 fully saturated rings. The van der Waals surface area contributed by atoms with Crippen LogP contribution in [-0.2, 0) is 10.0 Å². The van der Waals surface area contributed by atoms with E-state index in [2.05, 4.69) is 30.9 Å². The average molecular weight is 592 g/mol. The molecule has 4 aromatic carbocycles. The summed E-state index contributed by atoms with van der Waals surface area (Å²) in [5.41, 5.74) is 0.920. The Balaban J connectivity index is 1.66. The van der Waals surface area contributed by atoms with Crippen molar-refractivity contribution in [3.8, 4) is 5.75 Å². The van der Waals surface area contributed by atoms with Crippen LogP contribution < -0.4 is 9.46 Å². The van der Waals surface area contributed by atoms with Crippen LogP contribution in [0.4, 0.5) is 11.4 Å². The quantitative estimate of drug-likeness (QED) is 0.0927. The Hall–Kier alpha value is -4.28. The number of allylic oxidation sites excluding steroid dienone is 1. The summed E-state index contributed by atoms with van der Waals surface area (Å²) in [5, 5.41) is 19.0. The molecule has 0 saturated carbocycles. The summed E-state index contributed by atoms with van der Waals surface area (Å²) in [5.74, 6) is -0.326. The Morgan fingerprint density at radius 1 is 0.868 bits per heavy atom. The molecular weight excluding hydrogens is 570 g/mol. The van der Waals surface area contributed by atoms with Gasteiger partial charge in [-0.25, -0.2) is 8.42 Å². The van der Waals surface area contributed by atoms with E-state index in [1.807, 2.05) is 0 Å². The number of carbonyl (C=O) groups excluding carboxylic acids is 1. The number of hydrogen-bond acceptors (Lipinski definition) is 7. The van der Waals surface area contributed by atoms with E-state index in [4.69, 9.17) is 4.74 Å². The minimum absolute atomic E-state index is 0.0620. The van der Waals surface area contributed by atoms with Gasteiger partial charge in [0.25, 0.3) is 10.0 Å². The van der Waals surface area contributed by atoms with Gasteiger partial charge in [0.05, 0.1) is 27.9 Å². The molecule has 2 N–H and O–H groups in total. The van der Waals surface area contributed by atoms with E-state index in [1.54, 1.807) is 78.9 Å². The SMILES string of the molecule is COc1ccc(NS(=O)(=O)c2cccc(N=N/C(C(=O)c3ccccc3)=C(/O)c3ccccc3)c2)cc1Br. The van der Waals surface area contributed by atoms with Crippen LogP contribution in [0.5, 0.6) is 5.75 Å². The zero-order valence-electron chi connectivity index (χ0n) is 20.1. The molecule has 0 spiro atoms. The molecule has 0 heterocycles. The van der Waals surface area contributed by atoms with Crippen molar-refractivity contribution < 1.29 is 23.1 Å². The third-order valence-corrected chi connectivity index (χ3v) is 7.32. The minimum Gasteiger partial charge on any atom is -0.505 e. The van der Waals surface area contributed by atoms with Gasteiger partial charge in [-0.2, -0.15) is 5.11 Å². The number of azo groups is 1. The highest BCUT2D eigenvalue weighted by molar-refractivity contribution is 9.10. The molecule has 0 aromatic heterocycles. The first-order valence-corrected chi connectivity index (χ1v) is 13.5. The Kier molecular flexibility index (Phi) is 8.35. The lowest BCUT2D eigenvalue weighted by Crippen LogP contribution is -2.12. The van der Waals surface area contributed by atoms with Crippen LogP contribution in [0.3, 0.4) is 0 Å². The second-order valence-corrected chi connectivity index (χ2v) is 10.4. The molecule has 0 radical (unpaired) electrons. The van der Waals surface area contributed by atoms with Gasteiger partial charge >= 0.3 is 0 Å². The molecule has 0 bridgehead atoms. The van der Waals surface area contributed by atoms with E-state index < -0.39 is 15.8 Å². The van der Waals surface area contributed by atoms with E-state index in [0.717, 1.165) is 0 Å². The third-order valence-electron chi connectivity index (χ3n) is 5.32. The van der Waals surface area contributed by atoms with Crippen LogP contribution in [0.1, 0.15) is 15.9 Å². The van der Waals surface area contributed by atoms with Gasteiger partial charge in [-0.1, -0.05) is 66.7 Å². The second-order valence-electron chi connectivity index (χ2n) is 7.91. The van der Waals surface area contributed by atoms with Crippen molar-refractivity contribution in [1.82, 2.24) is 0 Å². The van der Waals surface area contributed by atoms with Gasteiger partial charge < -0.3 is 9.84 Å². The van der Waals surface area contributed by atoms with Crippen molar-refractivity contribution in [1.29, 1.82) is 0 Å². The Bertz CT molecular complexity index is 1620. The van der Waals surface area contributed by atoms with E-state index in [9.17, 15) is 18.3 Å². The fourth-order valence-electron chi connectivity index (χ4n) is 3.42. The number of halogens is 1. The summed E-state index contributed by atoms with van der Waals surface area (Å²) in [4.78, 5) is 13.1. The van der Waals surface area contributed by atoms with Gasteiger partial charge in [-0.05, 0) is 52.3 Å². The number of ether oxygens (including phenoxy) is 1. The van der Waals surface area contributed by atoms with E-state index in [0.29, 0.717) is 27.0 Å². The molecule has 0 saturated heterocycles. The van der Waals surface area contributed by atoms with Gasteiger partial charge in [0.2, 0.25) is 5.78 Å². The first-order chi connectivity index (χ1) is 18.3. The predicted octanol–water partition coefficient (Wildman–Crippen LogP) is 7.15. The molecule has 0 aliphatic carbocycles. The predicted molar refractivity (Wildman–Crippen MR) is 149 cm³/mol. The smallest absolute Gasteiger partial charge is 0.261 e. The zero-order chi connectivity index (χ0) is 27.1. The number of ketones is 1. The molecule has 0 amide bonds. The highest BCUT2D eigenvalue weighted by Crippen LogP contribution is 2.30. The maximum absolute atomic E-state index is 13.2. The lowest BCUT2D eigenvalue weighted by Gasteiger charge is -2.10. The van der Waals surface area contributed by atoms with Crippen molar-refractivity contribution in [3.05, 3.63) is 124 Å². The maximum atomic E-state index is 13.2. The molecule has 0 unspecified atom stereocenters. The number of nitrogens with one attached hydrogen (secondary N) is 1. The third kappa shape index (κ3) is 6.34. The summed E-state index contributed by atoms with van der Waals surface area (Å²) in [6, 6.07) is 27.4. The topological polar surface area (TPSA) is 117 Å². The number of nitrogens with zero attached hydrogens (tertiary/aromatic N) is 2. The first kappa shape index (κ1) is 26.8. The van der Waals surface area contributed by atoms with Crippen LogP contribution in [0, 0.1) is 0 Å². The van der Waals surface area contributed by atoms with Gasteiger partial charge in [0.1, 0.15) is 5.75 Å². The fraction of sp³-hybridized carbons (Fsp3) is 0.0357. The summed E-state index contributed by atoms with van der Waals surface area (Å²) in [7, 11) is -2.46. The van der Waals surface area contributed by atoms with Crippen LogP contribution in [0.15, 0.2) is 128 Å². The van der Waals surface area contributed by atoms with Gasteiger partial charge in [-0.3, -0.25) is 9.52 Å². The molecule has 38 heavy (non-hydrogen) atoms. The number of methoxy groups -OCH3 is 1. The zero-order valence-corrected chi connectivity index (χ0v) is 22.5. The molecule has 8 nitrogen and oxygen atoms in total. The largest absolute Gasteiger partial charge is 0.505 e. The Morgan fingerprint density at radius 3 is 2.16 bits per heavy atom. The van der Waals surface area contributed by atoms with Crippen LogP contribution in [0.2, 0.25) is 0 Å². The number of rotatable bonds is 9. The van der Waals surface area contributed by atoms with E-state index in [1.165, 1.54) is 31.4 Å². The number of hydrogen-bond donors (Lipinski definition) is 2. The second kappa shape index (κ2) is 11.8. The number of carbonyl (C=O) groups is 1. The number of anilines is 1. The van der Waals surface area contributed by atoms with E-state index >= 15 is 0 Å². The molecule has 0 aliphatic heterocycles. The summed E-state index contributed by atoms with van der Waals surface area (Å²) < 4.78 is 34.3. The molecule has 10 heteroatoms. The lowest BCUT2D eigenvalue weighted by atomic mass is 10.1. The summed E-state index contributed by atoms with van der Waals surface area (Å²) >= 11 is 3.33.